The molecule has 0 radical (unpaired) electrons. The zero-order chi connectivity index (χ0) is 19.2. The number of carbonyl (C=O) groups is 1. The fourth-order valence-electron chi connectivity index (χ4n) is 3.67. The van der Waals surface area contributed by atoms with E-state index in [1.807, 2.05) is 0 Å². The molecule has 0 unspecified atom stereocenters. The monoisotopic (exact) mass is 442 g/mol. The molecule has 144 valence electrons. The van der Waals surface area contributed by atoms with Gasteiger partial charge in [-0.25, -0.2) is 4.68 Å². The van der Waals surface area contributed by atoms with Crippen LogP contribution in [0.3, 0.4) is 0 Å². The van der Waals surface area contributed by atoms with Crippen molar-refractivity contribution in [2.24, 2.45) is 0 Å². The Bertz CT molecular complexity index is 843. The van der Waals surface area contributed by atoms with Crippen LogP contribution in [0.2, 0.25) is 0 Å². The first-order valence-corrected chi connectivity index (χ1v) is 9.60. The highest BCUT2D eigenvalue weighted by Crippen LogP contribution is 2.43. The van der Waals surface area contributed by atoms with Crippen LogP contribution in [0.4, 0.5) is 19.0 Å². The molecule has 1 fully saturated rings. The second-order valence-electron chi connectivity index (χ2n) is 6.90. The van der Waals surface area contributed by atoms with E-state index < -0.39 is 18.3 Å². The standard InChI is InChI=1S/C18H18BrF3N4O/c19-12-5-3-11(4-6-12)13-9-15(18(20,21)22)26-16(23-13)10-14(24-26)17(27)25-7-1-2-8-25/h3-6,10,13,15,23H,1-2,7-9H2/t13-,15-/m0/s1. The summed E-state index contributed by atoms with van der Waals surface area (Å²) in [5, 5.41) is 7.14. The minimum Gasteiger partial charge on any atom is -0.363 e. The van der Waals surface area contributed by atoms with Crippen LogP contribution in [0.5, 0.6) is 0 Å². The van der Waals surface area contributed by atoms with E-state index in [2.05, 4.69) is 26.3 Å². The molecule has 4 rings (SSSR count). The van der Waals surface area contributed by atoms with E-state index in [-0.39, 0.29) is 23.8 Å². The normalized spacial score (nSPS) is 22.4. The third-order valence-electron chi connectivity index (χ3n) is 5.07. The molecule has 0 aliphatic carbocycles. The third-order valence-corrected chi connectivity index (χ3v) is 5.60. The molecule has 5 nitrogen and oxygen atoms in total. The van der Waals surface area contributed by atoms with Crippen LogP contribution in [-0.2, 0) is 0 Å². The summed E-state index contributed by atoms with van der Waals surface area (Å²) in [6.45, 7) is 1.25. The summed E-state index contributed by atoms with van der Waals surface area (Å²) in [6, 6.07) is 6.33. The number of aromatic nitrogens is 2. The maximum atomic E-state index is 13.7. The van der Waals surface area contributed by atoms with E-state index >= 15 is 0 Å². The average molecular weight is 443 g/mol. The topological polar surface area (TPSA) is 50.2 Å². The number of halogens is 4. The van der Waals surface area contributed by atoms with Gasteiger partial charge in [0.05, 0.1) is 6.04 Å². The molecule has 2 aliphatic rings. The lowest BCUT2D eigenvalue weighted by Crippen LogP contribution is -2.36. The van der Waals surface area contributed by atoms with Crippen molar-refractivity contribution in [3.05, 3.63) is 46.1 Å². The predicted molar refractivity (Wildman–Crippen MR) is 97.6 cm³/mol. The van der Waals surface area contributed by atoms with Gasteiger partial charge < -0.3 is 10.2 Å². The number of benzene rings is 1. The third kappa shape index (κ3) is 3.56. The summed E-state index contributed by atoms with van der Waals surface area (Å²) in [4.78, 5) is 14.2. The number of nitrogens with zero attached hydrogens (tertiary/aromatic N) is 3. The Kier molecular flexibility index (Phi) is 4.65. The number of hydrogen-bond donors (Lipinski definition) is 1. The zero-order valence-corrected chi connectivity index (χ0v) is 15.9. The average Bonchev–Trinajstić information content (AvgIpc) is 3.29. The number of nitrogens with one attached hydrogen (secondary N) is 1. The van der Waals surface area contributed by atoms with Gasteiger partial charge in [0.15, 0.2) is 11.7 Å². The highest BCUT2D eigenvalue weighted by Gasteiger charge is 2.47. The molecule has 1 amide bonds. The molecule has 0 saturated carbocycles. The first-order chi connectivity index (χ1) is 12.8. The van der Waals surface area contributed by atoms with E-state index in [0.29, 0.717) is 13.1 Å². The Hall–Kier alpha value is -2.03. The highest BCUT2D eigenvalue weighted by atomic mass is 79.9. The van der Waals surface area contributed by atoms with Crippen LogP contribution >= 0.6 is 15.9 Å². The number of carbonyl (C=O) groups excluding carboxylic acids is 1. The number of hydrogen-bond acceptors (Lipinski definition) is 3. The first-order valence-electron chi connectivity index (χ1n) is 8.80. The fourth-order valence-corrected chi connectivity index (χ4v) is 3.94. The molecule has 1 aromatic heterocycles. The SMILES string of the molecule is O=C(c1cc2n(n1)[C@H](C(F)(F)F)C[C@@H](c1ccc(Br)cc1)N2)N1CCCC1. The van der Waals surface area contributed by atoms with Crippen molar-refractivity contribution in [3.8, 4) is 0 Å². The largest absolute Gasteiger partial charge is 0.410 e. The van der Waals surface area contributed by atoms with Crippen LogP contribution in [0.1, 0.15) is 47.4 Å². The molecule has 9 heteroatoms. The molecule has 3 heterocycles. The van der Waals surface area contributed by atoms with Gasteiger partial charge in [-0.15, -0.1) is 0 Å². The van der Waals surface area contributed by atoms with Gasteiger partial charge in [0, 0.05) is 30.0 Å². The first kappa shape index (κ1) is 18.3. The van der Waals surface area contributed by atoms with Crippen LogP contribution < -0.4 is 5.32 Å². The van der Waals surface area contributed by atoms with E-state index in [1.165, 1.54) is 6.07 Å². The molecule has 2 aliphatic heterocycles. The van der Waals surface area contributed by atoms with E-state index in [0.717, 1.165) is 27.6 Å². The molecule has 0 bridgehead atoms. The molecule has 0 spiro atoms. The summed E-state index contributed by atoms with van der Waals surface area (Å²) in [7, 11) is 0. The van der Waals surface area contributed by atoms with Crippen molar-refractivity contribution in [2.45, 2.75) is 37.5 Å². The molecule has 27 heavy (non-hydrogen) atoms. The summed E-state index contributed by atoms with van der Waals surface area (Å²) >= 11 is 3.33. The highest BCUT2D eigenvalue weighted by molar-refractivity contribution is 9.10. The number of rotatable bonds is 2. The van der Waals surface area contributed by atoms with E-state index in [1.54, 1.807) is 29.2 Å². The van der Waals surface area contributed by atoms with Gasteiger partial charge in [0.1, 0.15) is 5.82 Å². The van der Waals surface area contributed by atoms with Crippen molar-refractivity contribution < 1.29 is 18.0 Å². The number of amides is 1. The second-order valence-corrected chi connectivity index (χ2v) is 7.82. The molecule has 2 atom stereocenters. The summed E-state index contributed by atoms with van der Waals surface area (Å²) < 4.78 is 42.9. The fraction of sp³-hybridized carbons (Fsp3) is 0.444. The van der Waals surface area contributed by atoms with Crippen molar-refractivity contribution in [2.75, 3.05) is 18.4 Å². The van der Waals surface area contributed by atoms with Crippen LogP contribution in [-0.4, -0.2) is 39.9 Å². The lowest BCUT2D eigenvalue weighted by molar-refractivity contribution is -0.173. The van der Waals surface area contributed by atoms with Crippen LogP contribution in [0.15, 0.2) is 34.8 Å². The second kappa shape index (κ2) is 6.85. The molecular formula is C18H18BrF3N4O. The number of fused-ring (bicyclic) bond motifs is 1. The predicted octanol–water partition coefficient (Wildman–Crippen LogP) is 4.54. The summed E-state index contributed by atoms with van der Waals surface area (Å²) in [5.41, 5.74) is 0.817. The molecule has 2 aromatic rings. The van der Waals surface area contributed by atoms with Crippen molar-refractivity contribution >= 4 is 27.7 Å². The smallest absolute Gasteiger partial charge is 0.363 e. The van der Waals surface area contributed by atoms with Crippen LogP contribution in [0, 0.1) is 0 Å². The molecule has 1 N–H and O–H groups in total. The van der Waals surface area contributed by atoms with Gasteiger partial charge in [-0.05, 0) is 30.5 Å². The zero-order valence-electron chi connectivity index (χ0n) is 14.3. The van der Waals surface area contributed by atoms with Gasteiger partial charge in [-0.3, -0.25) is 4.79 Å². The lowest BCUT2D eigenvalue weighted by Gasteiger charge is -2.33. The Labute approximate surface area is 162 Å². The van der Waals surface area contributed by atoms with Crippen LogP contribution in [0.25, 0.3) is 0 Å². The minimum atomic E-state index is -4.45. The van der Waals surface area contributed by atoms with Gasteiger partial charge >= 0.3 is 6.18 Å². The van der Waals surface area contributed by atoms with E-state index in [9.17, 15) is 18.0 Å². The van der Waals surface area contributed by atoms with Gasteiger partial charge in [-0.1, -0.05) is 28.1 Å². The molecule has 1 saturated heterocycles. The van der Waals surface area contributed by atoms with Crippen molar-refractivity contribution in [1.82, 2.24) is 14.7 Å². The number of likely N-dealkylation sites (tertiary alicyclic amines) is 1. The van der Waals surface area contributed by atoms with Gasteiger partial charge in [-0.2, -0.15) is 18.3 Å². The maximum absolute atomic E-state index is 13.7. The van der Waals surface area contributed by atoms with Crippen molar-refractivity contribution in [1.29, 1.82) is 0 Å². The number of anilines is 1. The molecule has 1 aromatic carbocycles. The lowest BCUT2D eigenvalue weighted by atomic mass is 9.97. The maximum Gasteiger partial charge on any atom is 0.410 e. The summed E-state index contributed by atoms with van der Waals surface area (Å²) in [6.07, 6.45) is -2.82. The van der Waals surface area contributed by atoms with Gasteiger partial charge in [0.25, 0.3) is 5.91 Å². The summed E-state index contributed by atoms with van der Waals surface area (Å²) in [5.74, 6) is -0.0867. The Balaban J connectivity index is 1.67. The van der Waals surface area contributed by atoms with E-state index in [4.69, 9.17) is 0 Å². The minimum absolute atomic E-state index is 0.0603. The quantitative estimate of drug-likeness (QED) is 0.742. The Morgan fingerprint density at radius 3 is 2.48 bits per heavy atom. The van der Waals surface area contributed by atoms with Crippen molar-refractivity contribution in [3.63, 3.8) is 0 Å². The number of alkyl halides is 3. The Morgan fingerprint density at radius 1 is 1.19 bits per heavy atom. The van der Waals surface area contributed by atoms with Gasteiger partial charge in [0.2, 0.25) is 0 Å². The molecular weight excluding hydrogens is 425 g/mol. The Morgan fingerprint density at radius 2 is 1.85 bits per heavy atom.